The van der Waals surface area contributed by atoms with Crippen molar-refractivity contribution in [3.05, 3.63) is 75.4 Å². The molecule has 0 spiro atoms. The Bertz CT molecular complexity index is 1390. The molecule has 8 nitrogen and oxygen atoms in total. The summed E-state index contributed by atoms with van der Waals surface area (Å²) in [5.41, 5.74) is 4.19. The molecule has 33 heavy (non-hydrogen) atoms. The maximum absolute atomic E-state index is 12.6. The third kappa shape index (κ3) is 3.91. The molecular weight excluding hydrogens is 440 g/mol. The lowest BCUT2D eigenvalue weighted by atomic mass is 10.1. The number of nitrogens with zero attached hydrogens (tertiary/aromatic N) is 3. The molecule has 1 aliphatic rings. The van der Waals surface area contributed by atoms with Crippen molar-refractivity contribution in [2.75, 3.05) is 11.9 Å². The lowest BCUT2D eigenvalue weighted by molar-refractivity contribution is -0.115. The van der Waals surface area contributed by atoms with Gasteiger partial charge in [-0.3, -0.25) is 19.3 Å². The van der Waals surface area contributed by atoms with Gasteiger partial charge in [-0.15, -0.1) is 11.3 Å². The fourth-order valence-corrected chi connectivity index (χ4v) is 4.85. The molecule has 0 atom stereocenters. The number of carbonyl (C=O) groups excluding carboxylic acids is 3. The van der Waals surface area contributed by atoms with Crippen LogP contribution in [0.15, 0.2) is 47.1 Å². The van der Waals surface area contributed by atoms with Gasteiger partial charge in [-0.05, 0) is 43.2 Å². The van der Waals surface area contributed by atoms with Crippen molar-refractivity contribution in [1.82, 2.24) is 15.0 Å². The standard InChI is InChI=1S/C24H20N4O4S/c1-13-9-14(2)21-18(10-13)19(27-32-21)11-20(29)26-24-25-12-15(33-24)7-8-28-22(30)16-5-3-4-6-17(16)23(28)31/h3-6,9-10,12H,7-8,11H2,1-2H3,(H,25,26,29). The Morgan fingerprint density at radius 1 is 1.12 bits per heavy atom. The van der Waals surface area contributed by atoms with E-state index in [2.05, 4.69) is 15.5 Å². The van der Waals surface area contributed by atoms with Gasteiger partial charge in [0.15, 0.2) is 10.7 Å². The number of fused-ring (bicyclic) bond motifs is 2. The van der Waals surface area contributed by atoms with Crippen molar-refractivity contribution in [3.63, 3.8) is 0 Å². The van der Waals surface area contributed by atoms with Crippen LogP contribution in [0, 0.1) is 13.8 Å². The molecule has 2 aromatic heterocycles. The van der Waals surface area contributed by atoms with Crippen LogP contribution in [0.4, 0.5) is 5.13 Å². The summed E-state index contributed by atoms with van der Waals surface area (Å²) in [7, 11) is 0. The molecule has 5 rings (SSSR count). The minimum absolute atomic E-state index is 0.0693. The van der Waals surface area contributed by atoms with Gasteiger partial charge in [-0.25, -0.2) is 4.98 Å². The highest BCUT2D eigenvalue weighted by molar-refractivity contribution is 7.15. The van der Waals surface area contributed by atoms with Crippen molar-refractivity contribution in [3.8, 4) is 0 Å². The summed E-state index contributed by atoms with van der Waals surface area (Å²) in [4.78, 5) is 43.9. The van der Waals surface area contributed by atoms with E-state index in [1.807, 2.05) is 26.0 Å². The Kier molecular flexibility index (Phi) is 5.26. The summed E-state index contributed by atoms with van der Waals surface area (Å²) in [6, 6.07) is 10.8. The van der Waals surface area contributed by atoms with Gasteiger partial charge in [0.2, 0.25) is 5.91 Å². The van der Waals surface area contributed by atoms with Crippen LogP contribution < -0.4 is 5.32 Å². The molecule has 2 aromatic carbocycles. The molecule has 4 aromatic rings. The van der Waals surface area contributed by atoms with E-state index in [9.17, 15) is 14.4 Å². The van der Waals surface area contributed by atoms with E-state index >= 15 is 0 Å². The molecule has 0 saturated carbocycles. The van der Waals surface area contributed by atoms with Crippen molar-refractivity contribution in [2.24, 2.45) is 0 Å². The van der Waals surface area contributed by atoms with Crippen LogP contribution in [0.2, 0.25) is 0 Å². The third-order valence-electron chi connectivity index (χ3n) is 5.56. The minimum atomic E-state index is -0.279. The molecule has 9 heteroatoms. The first-order chi connectivity index (χ1) is 15.9. The Labute approximate surface area is 193 Å². The quantitative estimate of drug-likeness (QED) is 0.437. The average Bonchev–Trinajstić information content (AvgIpc) is 3.46. The molecule has 3 heterocycles. The number of amides is 3. The predicted molar refractivity (Wildman–Crippen MR) is 123 cm³/mol. The molecule has 1 N–H and O–H groups in total. The lowest BCUT2D eigenvalue weighted by Gasteiger charge is -2.12. The Morgan fingerprint density at radius 2 is 1.85 bits per heavy atom. The largest absolute Gasteiger partial charge is 0.356 e. The van der Waals surface area contributed by atoms with Gasteiger partial charge in [0.25, 0.3) is 11.8 Å². The highest BCUT2D eigenvalue weighted by Gasteiger charge is 2.34. The van der Waals surface area contributed by atoms with E-state index in [0.29, 0.717) is 34.0 Å². The molecule has 166 valence electrons. The maximum Gasteiger partial charge on any atom is 0.261 e. The summed E-state index contributed by atoms with van der Waals surface area (Å²) in [6.45, 7) is 4.19. The van der Waals surface area contributed by atoms with E-state index < -0.39 is 0 Å². The molecule has 0 aliphatic carbocycles. The number of hydrogen-bond donors (Lipinski definition) is 1. The predicted octanol–water partition coefficient (Wildman–Crippen LogP) is 3.92. The number of benzene rings is 2. The fourth-order valence-electron chi connectivity index (χ4n) is 4.03. The van der Waals surface area contributed by atoms with Crippen molar-refractivity contribution in [2.45, 2.75) is 26.7 Å². The second-order valence-electron chi connectivity index (χ2n) is 8.00. The first-order valence-electron chi connectivity index (χ1n) is 10.5. The summed E-state index contributed by atoms with van der Waals surface area (Å²) in [5, 5.41) is 8.15. The monoisotopic (exact) mass is 460 g/mol. The maximum atomic E-state index is 12.6. The number of rotatable bonds is 6. The number of aryl methyl sites for hydroxylation is 2. The van der Waals surface area contributed by atoms with Crippen molar-refractivity contribution in [1.29, 1.82) is 0 Å². The number of imide groups is 1. The number of hydrogen-bond acceptors (Lipinski definition) is 7. The molecule has 0 saturated heterocycles. The van der Waals surface area contributed by atoms with E-state index in [4.69, 9.17) is 4.52 Å². The fraction of sp³-hybridized carbons (Fsp3) is 0.208. The van der Waals surface area contributed by atoms with Gasteiger partial charge >= 0.3 is 0 Å². The van der Waals surface area contributed by atoms with Crippen LogP contribution in [-0.4, -0.2) is 39.3 Å². The zero-order valence-corrected chi connectivity index (χ0v) is 18.9. The number of nitrogens with one attached hydrogen (secondary N) is 1. The van der Waals surface area contributed by atoms with Gasteiger partial charge < -0.3 is 9.84 Å². The van der Waals surface area contributed by atoms with E-state index in [-0.39, 0.29) is 30.7 Å². The van der Waals surface area contributed by atoms with Crippen LogP contribution in [0.1, 0.15) is 42.4 Å². The summed E-state index contributed by atoms with van der Waals surface area (Å²) < 4.78 is 5.41. The van der Waals surface area contributed by atoms with Gasteiger partial charge in [-0.1, -0.05) is 23.4 Å². The molecule has 0 bridgehead atoms. The van der Waals surface area contributed by atoms with Crippen LogP contribution in [0.5, 0.6) is 0 Å². The van der Waals surface area contributed by atoms with Gasteiger partial charge in [0.1, 0.15) is 5.69 Å². The van der Waals surface area contributed by atoms with Crippen molar-refractivity contribution >= 4 is 45.2 Å². The summed E-state index contributed by atoms with van der Waals surface area (Å²) in [6.07, 6.45) is 2.18. The average molecular weight is 461 g/mol. The Balaban J connectivity index is 1.21. The second kappa shape index (κ2) is 8.25. The second-order valence-corrected chi connectivity index (χ2v) is 9.12. The van der Waals surface area contributed by atoms with Crippen LogP contribution in [-0.2, 0) is 17.6 Å². The molecule has 0 fully saturated rings. The lowest BCUT2D eigenvalue weighted by Crippen LogP contribution is -2.31. The first kappa shape index (κ1) is 21.0. The van der Waals surface area contributed by atoms with Gasteiger partial charge in [-0.2, -0.15) is 0 Å². The van der Waals surface area contributed by atoms with E-state index in [0.717, 1.165) is 21.4 Å². The molecular formula is C24H20N4O4S. The van der Waals surface area contributed by atoms with Gasteiger partial charge in [0, 0.05) is 29.4 Å². The van der Waals surface area contributed by atoms with Crippen LogP contribution in [0.25, 0.3) is 11.0 Å². The number of aromatic nitrogens is 2. The van der Waals surface area contributed by atoms with Crippen molar-refractivity contribution < 1.29 is 18.9 Å². The molecule has 1 aliphatic heterocycles. The SMILES string of the molecule is Cc1cc(C)c2onc(CC(=O)Nc3ncc(CCN4C(=O)c5ccccc5C4=O)s3)c2c1. The summed E-state index contributed by atoms with van der Waals surface area (Å²) >= 11 is 1.32. The first-order valence-corrected chi connectivity index (χ1v) is 11.3. The van der Waals surface area contributed by atoms with E-state index in [1.165, 1.54) is 16.2 Å². The zero-order chi connectivity index (χ0) is 23.1. The normalized spacial score (nSPS) is 13.1. The van der Waals surface area contributed by atoms with E-state index in [1.54, 1.807) is 30.5 Å². The molecule has 0 radical (unpaired) electrons. The highest BCUT2D eigenvalue weighted by atomic mass is 32.1. The number of thiazole rings is 1. The third-order valence-corrected chi connectivity index (χ3v) is 6.54. The number of carbonyl (C=O) groups is 3. The minimum Gasteiger partial charge on any atom is -0.356 e. The Morgan fingerprint density at radius 3 is 2.58 bits per heavy atom. The Hall–Kier alpha value is -3.85. The molecule has 0 unspecified atom stereocenters. The van der Waals surface area contributed by atoms with Gasteiger partial charge in [0.05, 0.1) is 17.5 Å². The van der Waals surface area contributed by atoms with Crippen LogP contribution in [0.3, 0.4) is 0 Å². The zero-order valence-electron chi connectivity index (χ0n) is 18.0. The highest BCUT2D eigenvalue weighted by Crippen LogP contribution is 2.26. The summed E-state index contributed by atoms with van der Waals surface area (Å²) in [5.74, 6) is -0.802. The topological polar surface area (TPSA) is 105 Å². The number of anilines is 1. The molecule has 3 amide bonds. The smallest absolute Gasteiger partial charge is 0.261 e. The van der Waals surface area contributed by atoms with Crippen LogP contribution >= 0.6 is 11.3 Å².